The van der Waals surface area contributed by atoms with Crippen LogP contribution in [0, 0.1) is 10.1 Å². The summed E-state index contributed by atoms with van der Waals surface area (Å²) in [6.07, 6.45) is 2.59. The van der Waals surface area contributed by atoms with Gasteiger partial charge in [0.25, 0.3) is 0 Å². The maximum absolute atomic E-state index is 10.8. The molecule has 4 N–H and O–H groups in total. The highest BCUT2D eigenvalue weighted by Crippen LogP contribution is 2.21. The molecule has 2 heterocycles. The van der Waals surface area contributed by atoms with Gasteiger partial charge in [-0.15, -0.1) is 0 Å². The largest absolute Gasteiger partial charge is 0.357 e. The van der Waals surface area contributed by atoms with E-state index in [0.717, 1.165) is 6.20 Å². The Kier molecular flexibility index (Phi) is 3.47. The maximum atomic E-state index is 10.8. The van der Waals surface area contributed by atoms with Crippen LogP contribution < -0.4 is 16.6 Å². The van der Waals surface area contributed by atoms with Crippen molar-refractivity contribution in [3.8, 4) is 0 Å². The van der Waals surface area contributed by atoms with E-state index >= 15 is 0 Å². The highest BCUT2D eigenvalue weighted by molar-refractivity contribution is 5.56. The summed E-state index contributed by atoms with van der Waals surface area (Å²) in [5.74, 6) is 5.75. The van der Waals surface area contributed by atoms with E-state index in [2.05, 4.69) is 30.8 Å². The Bertz CT molecular complexity index is 596. The number of nitrogens with two attached hydrogens (primary N) is 1. The van der Waals surface area contributed by atoms with Gasteiger partial charge in [-0.2, -0.15) is 10.1 Å². The van der Waals surface area contributed by atoms with Gasteiger partial charge in [0.05, 0.1) is 11.5 Å². The van der Waals surface area contributed by atoms with Crippen LogP contribution in [-0.2, 0) is 13.6 Å². The van der Waals surface area contributed by atoms with Crippen LogP contribution in [0.15, 0.2) is 12.5 Å². The number of hydrogen-bond acceptors (Lipinski definition) is 9. The number of aromatic nitrogens is 5. The number of rotatable bonds is 5. The smallest absolute Gasteiger partial charge is 0.329 e. The van der Waals surface area contributed by atoms with E-state index in [4.69, 9.17) is 5.84 Å². The third-order valence-electron chi connectivity index (χ3n) is 2.16. The molecule has 100 valence electrons. The first-order valence-corrected chi connectivity index (χ1v) is 5.16. The summed E-state index contributed by atoms with van der Waals surface area (Å²) in [4.78, 5) is 21.8. The molecule has 0 unspecified atom stereocenters. The average molecular weight is 265 g/mol. The number of anilines is 2. The Balaban J connectivity index is 2.19. The molecular weight excluding hydrogens is 254 g/mol. The minimum absolute atomic E-state index is 0.0420. The quantitative estimate of drug-likeness (QED) is 0.366. The van der Waals surface area contributed by atoms with Gasteiger partial charge in [-0.3, -0.25) is 20.2 Å². The molecule has 0 atom stereocenters. The summed E-state index contributed by atoms with van der Waals surface area (Å²) >= 11 is 0. The highest BCUT2D eigenvalue weighted by Gasteiger charge is 2.17. The Labute approximate surface area is 107 Å². The van der Waals surface area contributed by atoms with Gasteiger partial charge in [-0.05, 0) is 0 Å². The minimum atomic E-state index is -0.589. The van der Waals surface area contributed by atoms with Crippen LogP contribution in [0.25, 0.3) is 0 Å². The topological polar surface area (TPSA) is 150 Å². The standard InChI is InChI=1S/C8H11N9O2/c1-16-4-12-6(15-16)3-10-7-5(17(18)19)2-11-8(13-7)14-9/h2,4H,3,9H2,1H3,(H2,10,11,13,14). The Hall–Kier alpha value is -2.82. The zero-order chi connectivity index (χ0) is 13.8. The van der Waals surface area contributed by atoms with Crippen molar-refractivity contribution in [1.82, 2.24) is 24.7 Å². The maximum Gasteiger partial charge on any atom is 0.329 e. The Morgan fingerprint density at radius 3 is 2.89 bits per heavy atom. The molecule has 0 radical (unpaired) electrons. The van der Waals surface area contributed by atoms with E-state index in [9.17, 15) is 10.1 Å². The van der Waals surface area contributed by atoms with Crippen LogP contribution >= 0.6 is 0 Å². The van der Waals surface area contributed by atoms with Gasteiger partial charge < -0.3 is 5.32 Å². The highest BCUT2D eigenvalue weighted by atomic mass is 16.6. The lowest BCUT2D eigenvalue weighted by Gasteiger charge is -2.05. The van der Waals surface area contributed by atoms with Crippen LogP contribution in [0.1, 0.15) is 5.82 Å². The number of hydrazine groups is 1. The summed E-state index contributed by atoms with van der Waals surface area (Å²) in [5, 5.41) is 17.6. The average Bonchev–Trinajstić information content (AvgIpc) is 2.81. The SMILES string of the molecule is Cn1cnc(CNc2nc(NN)ncc2[N+](=O)[O-])n1. The van der Waals surface area contributed by atoms with Crippen molar-refractivity contribution in [1.29, 1.82) is 0 Å². The van der Waals surface area contributed by atoms with Crippen molar-refractivity contribution < 1.29 is 4.92 Å². The molecule has 0 aromatic carbocycles. The predicted molar refractivity (Wildman–Crippen MR) is 64.8 cm³/mol. The number of nitrogens with zero attached hydrogens (tertiary/aromatic N) is 6. The first-order chi connectivity index (χ1) is 9.10. The summed E-state index contributed by atoms with van der Waals surface area (Å²) in [6, 6.07) is 0. The van der Waals surface area contributed by atoms with E-state index in [1.165, 1.54) is 11.0 Å². The summed E-state index contributed by atoms with van der Waals surface area (Å²) in [6.45, 7) is 0.197. The predicted octanol–water partition coefficient (Wildman–Crippen LogP) is -0.589. The molecule has 0 saturated heterocycles. The second-order valence-corrected chi connectivity index (χ2v) is 3.52. The van der Waals surface area contributed by atoms with Gasteiger partial charge in [0.1, 0.15) is 12.5 Å². The van der Waals surface area contributed by atoms with Crippen molar-refractivity contribution in [2.24, 2.45) is 12.9 Å². The van der Waals surface area contributed by atoms with Crippen LogP contribution in [0.2, 0.25) is 0 Å². The second-order valence-electron chi connectivity index (χ2n) is 3.52. The molecule has 0 fully saturated rings. The van der Waals surface area contributed by atoms with Crippen LogP contribution in [0.3, 0.4) is 0 Å². The lowest BCUT2D eigenvalue weighted by atomic mass is 10.4. The molecule has 0 aliphatic rings. The number of hydrogen-bond donors (Lipinski definition) is 3. The molecule has 11 nitrogen and oxygen atoms in total. The molecule has 0 amide bonds. The second kappa shape index (κ2) is 5.22. The van der Waals surface area contributed by atoms with Gasteiger partial charge in [-0.1, -0.05) is 0 Å². The van der Waals surface area contributed by atoms with E-state index in [1.807, 2.05) is 0 Å². The molecule has 0 spiro atoms. The third kappa shape index (κ3) is 2.90. The first-order valence-electron chi connectivity index (χ1n) is 5.16. The third-order valence-corrected chi connectivity index (χ3v) is 2.16. The fraction of sp³-hybridized carbons (Fsp3) is 0.250. The molecule has 0 saturated carbocycles. The Morgan fingerprint density at radius 2 is 2.32 bits per heavy atom. The van der Waals surface area contributed by atoms with Crippen molar-refractivity contribution in [3.05, 3.63) is 28.5 Å². The fourth-order valence-electron chi connectivity index (χ4n) is 1.34. The van der Waals surface area contributed by atoms with Crippen LogP contribution in [-0.4, -0.2) is 29.7 Å². The van der Waals surface area contributed by atoms with E-state index < -0.39 is 4.92 Å². The molecule has 2 aromatic heterocycles. The summed E-state index contributed by atoms with van der Waals surface area (Å²) in [5.41, 5.74) is 1.96. The summed E-state index contributed by atoms with van der Waals surface area (Å²) in [7, 11) is 1.72. The zero-order valence-electron chi connectivity index (χ0n) is 9.94. The Morgan fingerprint density at radius 1 is 1.53 bits per heavy atom. The number of nitrogens with one attached hydrogen (secondary N) is 2. The molecule has 19 heavy (non-hydrogen) atoms. The fourth-order valence-corrected chi connectivity index (χ4v) is 1.34. The summed E-state index contributed by atoms with van der Waals surface area (Å²) < 4.78 is 1.53. The van der Waals surface area contributed by atoms with Gasteiger partial charge in [0.2, 0.25) is 11.8 Å². The molecule has 2 rings (SSSR count). The van der Waals surface area contributed by atoms with E-state index in [1.54, 1.807) is 7.05 Å². The van der Waals surface area contributed by atoms with Crippen molar-refractivity contribution >= 4 is 17.5 Å². The molecular formula is C8H11N9O2. The number of aryl methyl sites for hydroxylation is 1. The lowest BCUT2D eigenvalue weighted by molar-refractivity contribution is -0.384. The number of nitro groups is 1. The van der Waals surface area contributed by atoms with Crippen molar-refractivity contribution in [2.45, 2.75) is 6.54 Å². The van der Waals surface area contributed by atoms with E-state index in [0.29, 0.717) is 5.82 Å². The minimum Gasteiger partial charge on any atom is -0.357 e. The van der Waals surface area contributed by atoms with Crippen LogP contribution in [0.4, 0.5) is 17.5 Å². The molecule has 0 aliphatic heterocycles. The number of nitrogen functional groups attached to an aromatic ring is 1. The van der Waals surface area contributed by atoms with Gasteiger partial charge in [-0.25, -0.2) is 15.8 Å². The van der Waals surface area contributed by atoms with Gasteiger partial charge in [0.15, 0.2) is 5.82 Å². The lowest BCUT2D eigenvalue weighted by Crippen LogP contribution is -2.13. The zero-order valence-corrected chi connectivity index (χ0v) is 9.94. The molecule has 2 aromatic rings. The molecule has 11 heteroatoms. The molecule has 0 aliphatic carbocycles. The van der Waals surface area contributed by atoms with Crippen molar-refractivity contribution in [3.63, 3.8) is 0 Å². The van der Waals surface area contributed by atoms with Crippen molar-refractivity contribution in [2.75, 3.05) is 10.7 Å². The van der Waals surface area contributed by atoms with Crippen LogP contribution in [0.5, 0.6) is 0 Å². The van der Waals surface area contributed by atoms with Gasteiger partial charge >= 0.3 is 5.69 Å². The normalized spacial score (nSPS) is 10.2. The van der Waals surface area contributed by atoms with E-state index in [-0.39, 0.29) is 24.0 Å². The van der Waals surface area contributed by atoms with Gasteiger partial charge in [0, 0.05) is 7.05 Å². The monoisotopic (exact) mass is 265 g/mol. The first kappa shape index (κ1) is 12.6. The molecule has 0 bridgehead atoms.